The van der Waals surface area contributed by atoms with Crippen molar-refractivity contribution in [3.63, 3.8) is 0 Å². The summed E-state index contributed by atoms with van der Waals surface area (Å²) < 4.78 is -0.833. The molecule has 0 spiro atoms. The van der Waals surface area contributed by atoms with Crippen LogP contribution in [0.5, 0.6) is 0 Å². The average molecular weight is 654 g/mol. The molecule has 0 aliphatic carbocycles. The Kier molecular flexibility index (Phi) is 51.3. The Balaban J connectivity index is -0.0000000150. The fourth-order valence-corrected chi connectivity index (χ4v) is 0. The van der Waals surface area contributed by atoms with Gasteiger partial charge in [0.05, 0.1) is 0 Å². The van der Waals surface area contributed by atoms with Gasteiger partial charge in [-0.25, -0.2) is 0 Å². The number of carboxylic acid groups (broad SMARTS) is 1. The average Bonchev–Trinajstić information content (AvgIpc) is 0.811. The third-order valence-electron chi connectivity index (χ3n) is 0. The van der Waals surface area contributed by atoms with Crippen molar-refractivity contribution in [2.45, 2.75) is 0 Å². The first-order valence-corrected chi connectivity index (χ1v) is 1.73. The number of carbonyl (C=O) groups is 1. The molecule has 0 amide bonds. The summed E-state index contributed by atoms with van der Waals surface area (Å²) in [6.45, 7) is 0. The zero-order chi connectivity index (χ0) is 3.58. The fourth-order valence-electron chi connectivity index (χ4n) is 0. The van der Waals surface area contributed by atoms with Gasteiger partial charge in [-0.3, -0.25) is 0 Å². The molecule has 0 aliphatic heterocycles. The van der Waals surface area contributed by atoms with Crippen LogP contribution in [0.4, 0.5) is 4.79 Å². The second-order valence-electron chi connectivity index (χ2n) is 0.305. The summed E-state index contributed by atoms with van der Waals surface area (Å²) in [5.41, 5.74) is 0. The molecule has 0 heterocycles. The van der Waals surface area contributed by atoms with Gasteiger partial charge in [-0.05, 0) is 0 Å². The Morgan fingerprint density at radius 2 is 1.57 bits per heavy atom. The van der Waals surface area contributed by atoms with Crippen molar-refractivity contribution in [3.05, 3.63) is 0 Å². The standard InChI is InChI=1S/CH2AsO2.Hg.Pb.Sb.3H/c2-1(3)4;;;;;;/h2H,(H,3,4);;;;;;. The van der Waals surface area contributed by atoms with Crippen LogP contribution in [0.25, 0.3) is 0 Å². The Morgan fingerprint density at radius 1 is 1.57 bits per heavy atom. The Bertz CT molecular complexity index is 40.7. The van der Waals surface area contributed by atoms with Crippen molar-refractivity contribution in [2.24, 2.45) is 0 Å². The summed E-state index contributed by atoms with van der Waals surface area (Å²) in [5.74, 6) is 0. The van der Waals surface area contributed by atoms with E-state index in [2.05, 4.69) is 0 Å². The van der Waals surface area contributed by atoms with E-state index in [0.29, 0.717) is 0 Å². The molecule has 0 rings (SSSR count). The van der Waals surface area contributed by atoms with Crippen LogP contribution in [0.15, 0.2) is 0 Å². The van der Waals surface area contributed by atoms with Crippen LogP contribution in [-0.2, 0) is 27.7 Å². The van der Waals surface area contributed by atoms with Crippen molar-refractivity contribution in [1.29, 1.82) is 0 Å². The minimum atomic E-state index is -0.833. The molecule has 0 saturated heterocycles. The van der Waals surface area contributed by atoms with E-state index in [0.717, 1.165) is 16.9 Å². The SMILES string of the molecule is O=C(O)[AsH].[Hg].[PbH2].[SbH]. The summed E-state index contributed by atoms with van der Waals surface area (Å²) in [6, 6.07) is 0. The van der Waals surface area contributed by atoms with E-state index >= 15 is 0 Å². The van der Waals surface area contributed by atoms with Crippen molar-refractivity contribution >= 4 is 73.3 Å². The molecule has 0 aliphatic rings. The molecular formula is CH5AsHgO2PbSb. The molecule has 2 nitrogen and oxygen atoms in total. The van der Waals surface area contributed by atoms with E-state index in [1.54, 1.807) is 0 Å². The first-order chi connectivity index (χ1) is 1.73. The molecule has 1 N–H and O–H groups in total. The summed E-state index contributed by atoms with van der Waals surface area (Å²) in [4.78, 5) is 9.00. The molecule has 7 heavy (non-hydrogen) atoms. The van der Waals surface area contributed by atoms with Gasteiger partial charge in [0.1, 0.15) is 0 Å². The predicted octanol–water partition coefficient (Wildman–Crippen LogP) is -2.00. The molecule has 6 heteroatoms. The van der Waals surface area contributed by atoms with Crippen LogP contribution in [0.3, 0.4) is 0 Å². The van der Waals surface area contributed by atoms with Crippen LogP contribution in [0, 0.1) is 0 Å². The molecule has 0 aromatic carbocycles. The maximum absolute atomic E-state index is 9.00. The van der Waals surface area contributed by atoms with Gasteiger partial charge in [0.25, 0.3) is 0 Å². The summed E-state index contributed by atoms with van der Waals surface area (Å²) in [6.07, 6.45) is 0. The van der Waals surface area contributed by atoms with Crippen molar-refractivity contribution in [2.75, 3.05) is 0 Å². The third-order valence-corrected chi connectivity index (χ3v) is 0. The van der Waals surface area contributed by atoms with Gasteiger partial charge in [-0.2, -0.15) is 0 Å². The maximum atomic E-state index is 9.00. The van der Waals surface area contributed by atoms with Gasteiger partial charge in [0.2, 0.25) is 0 Å². The zero-order valence-corrected chi connectivity index (χ0v) is 19.7. The molecule has 5 radical (unpaired) electrons. The Hall–Kier alpha value is 2.70. The molecule has 0 aromatic rings. The van der Waals surface area contributed by atoms with Gasteiger partial charge in [-0.15, -0.1) is 0 Å². The second kappa shape index (κ2) is 15.9. The molecule has 37 valence electrons. The fraction of sp³-hybridized carbons (Fsp3) is 0. The van der Waals surface area contributed by atoms with Crippen LogP contribution >= 0.6 is 0 Å². The second-order valence-corrected chi connectivity index (χ2v) is 1.20. The van der Waals surface area contributed by atoms with E-state index in [1.165, 1.54) is 0 Å². The molecule has 0 unspecified atom stereocenters. The van der Waals surface area contributed by atoms with Crippen LogP contribution < -0.4 is 0 Å². The van der Waals surface area contributed by atoms with E-state index < -0.39 is 4.76 Å². The monoisotopic (exact) mass is 655 g/mol. The first-order valence-electron chi connectivity index (χ1n) is 0.678. The van der Waals surface area contributed by atoms with Crippen molar-refractivity contribution in [3.8, 4) is 0 Å². The Morgan fingerprint density at radius 3 is 1.57 bits per heavy atom. The number of hydrogen-bond donors (Lipinski definition) is 1. The van der Waals surface area contributed by atoms with E-state index in [9.17, 15) is 0 Å². The summed E-state index contributed by atoms with van der Waals surface area (Å²) >= 11 is 1.08. The van der Waals surface area contributed by atoms with Crippen LogP contribution in [0.2, 0.25) is 0 Å². The van der Waals surface area contributed by atoms with Gasteiger partial charge in [0.15, 0.2) is 0 Å². The molecular weight excluding hydrogens is 648 g/mol. The normalized spacial score (nSPS) is 3.57. The summed E-state index contributed by atoms with van der Waals surface area (Å²) in [7, 11) is 0. The van der Waals surface area contributed by atoms with Gasteiger partial charge < -0.3 is 0 Å². The van der Waals surface area contributed by atoms with Gasteiger partial charge >= 0.3 is 83.2 Å². The van der Waals surface area contributed by atoms with Crippen LogP contribution in [0.1, 0.15) is 0 Å². The topological polar surface area (TPSA) is 37.3 Å². The predicted molar refractivity (Wildman–Crippen MR) is 30.9 cm³/mol. The van der Waals surface area contributed by atoms with Crippen molar-refractivity contribution in [1.82, 2.24) is 0 Å². The minimum absolute atomic E-state index is 0. The van der Waals surface area contributed by atoms with E-state index in [4.69, 9.17) is 9.90 Å². The summed E-state index contributed by atoms with van der Waals surface area (Å²) in [5, 5.41) is 7.42. The van der Waals surface area contributed by atoms with Gasteiger partial charge in [-0.1, -0.05) is 0 Å². The number of hydrogen-bond acceptors (Lipinski definition) is 1. The molecule has 0 aromatic heterocycles. The Labute approximate surface area is 109 Å². The quantitative estimate of drug-likeness (QED) is 0.308. The molecule has 0 saturated carbocycles. The zero-order valence-electron chi connectivity index (χ0n) is 3.77. The first kappa shape index (κ1) is 22.6. The van der Waals surface area contributed by atoms with E-state index in [-0.39, 0.29) is 79.4 Å². The molecule has 0 fully saturated rings. The van der Waals surface area contributed by atoms with Gasteiger partial charge in [0, 0.05) is 27.7 Å². The molecule has 0 atom stereocenters. The van der Waals surface area contributed by atoms with Crippen LogP contribution in [-0.4, -0.2) is 78.4 Å². The molecule has 0 bridgehead atoms. The van der Waals surface area contributed by atoms with E-state index in [1.807, 2.05) is 0 Å². The number of rotatable bonds is 0. The van der Waals surface area contributed by atoms with Crippen molar-refractivity contribution < 1.29 is 37.6 Å². The third kappa shape index (κ3) is 53.5.